The molecule has 0 aliphatic heterocycles. The normalized spacial score (nSPS) is 12.7. The molecule has 58 heavy (non-hydrogen) atoms. The van der Waals surface area contributed by atoms with Gasteiger partial charge in [0.1, 0.15) is 0 Å². The minimum absolute atomic E-state index is 0.675. The van der Waals surface area contributed by atoms with Gasteiger partial charge >= 0.3 is 0 Å². The Labute approximate surface area is 338 Å². The van der Waals surface area contributed by atoms with Crippen LogP contribution in [0.15, 0.2) is 200 Å². The highest BCUT2D eigenvalue weighted by atomic mass is 15.0. The van der Waals surface area contributed by atoms with Crippen LogP contribution in [0.25, 0.3) is 94.8 Å². The minimum atomic E-state index is 0.675. The second kappa shape index (κ2) is 14.2. The van der Waals surface area contributed by atoms with Gasteiger partial charge in [-0.1, -0.05) is 182 Å². The first kappa shape index (κ1) is 33.8. The second-order valence-corrected chi connectivity index (χ2v) is 15.1. The first-order valence-corrected chi connectivity index (χ1v) is 20.0. The molecule has 0 atom stereocenters. The Hall–Kier alpha value is -7.49. The van der Waals surface area contributed by atoms with Crippen molar-refractivity contribution in [1.29, 1.82) is 0 Å². The molecule has 0 spiro atoms. The lowest BCUT2D eigenvalue weighted by molar-refractivity contribution is 1.03. The van der Waals surface area contributed by atoms with Crippen LogP contribution in [-0.2, 0) is 6.42 Å². The zero-order chi connectivity index (χ0) is 38.4. The van der Waals surface area contributed by atoms with Gasteiger partial charge in [-0.2, -0.15) is 0 Å². The summed E-state index contributed by atoms with van der Waals surface area (Å²) in [6, 6.07) is 65.6. The predicted octanol–water partition coefficient (Wildman–Crippen LogP) is 13.9. The van der Waals surface area contributed by atoms with Crippen molar-refractivity contribution in [3.8, 4) is 78.4 Å². The summed E-state index contributed by atoms with van der Waals surface area (Å²) in [5, 5.41) is 2.60. The van der Waals surface area contributed by atoms with Crippen LogP contribution in [0.2, 0.25) is 0 Å². The van der Waals surface area contributed by atoms with Gasteiger partial charge in [0.2, 0.25) is 0 Å². The van der Waals surface area contributed by atoms with Crippen LogP contribution in [-0.4, -0.2) is 15.0 Å². The van der Waals surface area contributed by atoms with Crippen LogP contribution in [0.1, 0.15) is 23.4 Å². The van der Waals surface area contributed by atoms with E-state index in [0.717, 1.165) is 46.5 Å². The van der Waals surface area contributed by atoms with E-state index in [0.29, 0.717) is 11.6 Å². The van der Waals surface area contributed by atoms with E-state index >= 15 is 0 Å². The van der Waals surface area contributed by atoms with Gasteiger partial charge in [0.15, 0.2) is 17.5 Å². The Balaban J connectivity index is 0.965. The highest BCUT2D eigenvalue weighted by molar-refractivity contribution is 6.05. The summed E-state index contributed by atoms with van der Waals surface area (Å²) in [5.41, 5.74) is 18.2. The van der Waals surface area contributed by atoms with E-state index < -0.39 is 0 Å². The highest BCUT2D eigenvalue weighted by Crippen LogP contribution is 2.46. The van der Waals surface area contributed by atoms with Gasteiger partial charge in [-0.05, 0) is 109 Å². The number of hydrogen-bond donors (Lipinski definition) is 0. The van der Waals surface area contributed by atoms with Gasteiger partial charge < -0.3 is 0 Å². The smallest absolute Gasteiger partial charge is 0.164 e. The first-order chi connectivity index (χ1) is 28.7. The van der Waals surface area contributed by atoms with Gasteiger partial charge in [0.25, 0.3) is 0 Å². The Morgan fingerprint density at radius 2 is 0.914 bits per heavy atom. The van der Waals surface area contributed by atoms with Gasteiger partial charge in [-0.15, -0.1) is 0 Å². The molecule has 0 saturated heterocycles. The molecule has 1 heterocycles. The second-order valence-electron chi connectivity index (χ2n) is 15.1. The van der Waals surface area contributed by atoms with Crippen molar-refractivity contribution in [2.24, 2.45) is 0 Å². The van der Waals surface area contributed by atoms with Crippen LogP contribution in [0.3, 0.4) is 0 Å². The SMILES string of the molecule is C1=CCC(c2nc(-c3ccccc3)nc(-c3ccc(-c4cccc(-c5cc6c(c7ccccc57)Cc5ccc(-c7ccccc7-c7ccccc7)cc5-6)c4)cc3)n2)=C1. The fourth-order valence-corrected chi connectivity index (χ4v) is 8.70. The van der Waals surface area contributed by atoms with Crippen LogP contribution in [0.5, 0.6) is 0 Å². The number of rotatable bonds is 7. The topological polar surface area (TPSA) is 38.7 Å². The zero-order valence-electron chi connectivity index (χ0n) is 31.8. The average Bonchev–Trinajstić information content (AvgIpc) is 3.98. The molecule has 0 radical (unpaired) electrons. The number of allylic oxidation sites excluding steroid dienone is 4. The maximum atomic E-state index is 4.95. The van der Waals surface area contributed by atoms with E-state index in [1.807, 2.05) is 30.3 Å². The lowest BCUT2D eigenvalue weighted by Crippen LogP contribution is -2.02. The predicted molar refractivity (Wildman–Crippen MR) is 240 cm³/mol. The Morgan fingerprint density at radius 3 is 1.66 bits per heavy atom. The third-order valence-corrected chi connectivity index (χ3v) is 11.6. The molecule has 8 aromatic carbocycles. The lowest BCUT2D eigenvalue weighted by atomic mass is 9.89. The van der Waals surface area contributed by atoms with Gasteiger partial charge in [0.05, 0.1) is 0 Å². The summed E-state index contributed by atoms with van der Waals surface area (Å²) in [7, 11) is 0. The van der Waals surface area contributed by atoms with Crippen molar-refractivity contribution in [3.63, 3.8) is 0 Å². The maximum Gasteiger partial charge on any atom is 0.164 e. The van der Waals surface area contributed by atoms with E-state index in [9.17, 15) is 0 Å². The number of nitrogens with zero attached hydrogens (tertiary/aromatic N) is 3. The van der Waals surface area contributed by atoms with Gasteiger partial charge in [0, 0.05) is 16.7 Å². The first-order valence-electron chi connectivity index (χ1n) is 20.0. The summed E-state index contributed by atoms with van der Waals surface area (Å²) < 4.78 is 0. The molecule has 1 aromatic heterocycles. The van der Waals surface area contributed by atoms with E-state index in [2.05, 4.69) is 170 Å². The van der Waals surface area contributed by atoms with Crippen molar-refractivity contribution >= 4 is 16.3 Å². The molecule has 3 nitrogen and oxygen atoms in total. The Morgan fingerprint density at radius 1 is 0.345 bits per heavy atom. The molecule has 9 aromatic rings. The molecular formula is C55H37N3. The molecular weight excluding hydrogens is 703 g/mol. The largest absolute Gasteiger partial charge is 0.209 e. The molecule has 0 unspecified atom stereocenters. The maximum absolute atomic E-state index is 4.95. The third kappa shape index (κ3) is 6.05. The summed E-state index contributed by atoms with van der Waals surface area (Å²) in [6.07, 6.45) is 8.05. The molecule has 0 bridgehead atoms. The Kier molecular flexibility index (Phi) is 8.29. The van der Waals surface area contributed by atoms with Crippen LogP contribution >= 0.6 is 0 Å². The van der Waals surface area contributed by atoms with Gasteiger partial charge in [-0.25, -0.2) is 15.0 Å². The standard InChI is InChI=1S/C55H37N3/c1-3-14-37(15-4-1)45-22-9-10-23-46(45)43-30-31-44-34-51-48-25-12-11-24-47(48)50(35-52(51)49(44)33-43)42-21-13-20-41(32-42)36-26-28-40(29-27-36)55-57-53(38-16-5-2-6-17-38)56-54(58-55)39-18-7-8-19-39/h1-18,20-33,35H,19,34H2. The van der Waals surface area contributed by atoms with E-state index in [-0.39, 0.29) is 0 Å². The van der Waals surface area contributed by atoms with Crippen LogP contribution < -0.4 is 0 Å². The Bertz CT molecular complexity index is 3090. The molecule has 0 N–H and O–H groups in total. The fraction of sp³-hybridized carbons (Fsp3) is 0.0364. The molecule has 272 valence electrons. The highest BCUT2D eigenvalue weighted by Gasteiger charge is 2.24. The molecule has 0 saturated carbocycles. The van der Waals surface area contributed by atoms with Crippen molar-refractivity contribution in [1.82, 2.24) is 15.0 Å². The van der Waals surface area contributed by atoms with E-state index in [4.69, 9.17) is 15.0 Å². The van der Waals surface area contributed by atoms with Crippen molar-refractivity contribution in [2.45, 2.75) is 12.8 Å². The summed E-state index contributed by atoms with van der Waals surface area (Å²) in [5.74, 6) is 2.08. The summed E-state index contributed by atoms with van der Waals surface area (Å²) in [4.78, 5) is 14.8. The van der Waals surface area contributed by atoms with Gasteiger partial charge in [-0.3, -0.25) is 0 Å². The van der Waals surface area contributed by atoms with Crippen molar-refractivity contribution < 1.29 is 0 Å². The van der Waals surface area contributed by atoms with E-state index in [1.54, 1.807) is 0 Å². The van der Waals surface area contributed by atoms with Crippen LogP contribution in [0, 0.1) is 0 Å². The minimum Gasteiger partial charge on any atom is -0.209 e. The lowest BCUT2D eigenvalue weighted by Gasteiger charge is -2.15. The third-order valence-electron chi connectivity index (χ3n) is 11.6. The van der Waals surface area contributed by atoms with Crippen molar-refractivity contribution in [3.05, 3.63) is 217 Å². The van der Waals surface area contributed by atoms with E-state index in [1.165, 1.54) is 66.4 Å². The number of fused-ring (bicyclic) bond motifs is 5. The molecule has 11 rings (SSSR count). The van der Waals surface area contributed by atoms with Crippen molar-refractivity contribution in [2.75, 3.05) is 0 Å². The monoisotopic (exact) mass is 739 g/mol. The zero-order valence-corrected chi connectivity index (χ0v) is 31.8. The number of benzene rings is 8. The number of aromatic nitrogens is 3. The number of hydrogen-bond acceptors (Lipinski definition) is 3. The molecule has 0 amide bonds. The average molecular weight is 740 g/mol. The molecule has 3 heteroatoms. The molecule has 2 aliphatic rings. The molecule has 0 fully saturated rings. The quantitative estimate of drug-likeness (QED) is 0.163. The fourth-order valence-electron chi connectivity index (χ4n) is 8.70. The summed E-state index contributed by atoms with van der Waals surface area (Å²) >= 11 is 0. The van der Waals surface area contributed by atoms with Crippen LogP contribution in [0.4, 0.5) is 0 Å². The summed E-state index contributed by atoms with van der Waals surface area (Å²) in [6.45, 7) is 0. The molecule has 2 aliphatic carbocycles.